The average Bonchev–Trinajstić information content (AvgIpc) is 3.27. The fourth-order valence-electron chi connectivity index (χ4n) is 3.13. The van der Waals surface area contributed by atoms with E-state index in [-0.39, 0.29) is 30.2 Å². The molecular weight excluding hydrogens is 435 g/mol. The monoisotopic (exact) mass is 454 g/mol. The molecule has 0 spiro atoms. The molecule has 0 unspecified atom stereocenters. The minimum atomic E-state index is -4.94. The van der Waals surface area contributed by atoms with E-state index in [4.69, 9.17) is 0 Å². The first-order valence-corrected chi connectivity index (χ1v) is 9.57. The first-order chi connectivity index (χ1) is 15.1. The van der Waals surface area contributed by atoms with Gasteiger partial charge in [0.2, 0.25) is 0 Å². The van der Waals surface area contributed by atoms with Crippen LogP contribution in [0.15, 0.2) is 42.7 Å². The number of alkyl halides is 3. The molecule has 3 rings (SSSR count). The highest BCUT2D eigenvalue weighted by Gasteiger charge is 2.36. The summed E-state index contributed by atoms with van der Waals surface area (Å²) in [6.07, 6.45) is -2.25. The van der Waals surface area contributed by atoms with E-state index in [1.807, 2.05) is 0 Å². The van der Waals surface area contributed by atoms with E-state index >= 15 is 0 Å². The lowest BCUT2D eigenvalue weighted by molar-refractivity contribution is -0.143. The predicted octanol–water partition coefficient (Wildman–Crippen LogP) is 3.92. The molecule has 1 aromatic carbocycles. The third kappa shape index (κ3) is 4.84. The van der Waals surface area contributed by atoms with Gasteiger partial charge < -0.3 is 10.2 Å². The second-order valence-corrected chi connectivity index (χ2v) is 6.80. The maximum atomic E-state index is 14.5. The van der Waals surface area contributed by atoms with E-state index < -0.39 is 35.5 Å². The fourth-order valence-corrected chi connectivity index (χ4v) is 3.13. The third-order valence-corrected chi connectivity index (χ3v) is 4.66. The minimum absolute atomic E-state index is 0.0141. The summed E-state index contributed by atoms with van der Waals surface area (Å²) in [5, 5.41) is 10.4. The minimum Gasteiger partial charge on any atom is -0.368 e. The van der Waals surface area contributed by atoms with Crippen LogP contribution in [0.2, 0.25) is 0 Å². The van der Waals surface area contributed by atoms with Crippen molar-refractivity contribution in [3.05, 3.63) is 65.6 Å². The molecule has 1 atom stereocenters. The second kappa shape index (κ2) is 9.28. The Balaban J connectivity index is 1.80. The standard InChI is InChI=1S/C20H19F5N6O/c1-3-30(12(2)11-26-16-8-7-15(22)18(29-16)20(23,24)25)19(32)13-5-4-6-14(21)17(13)31-27-9-10-28-31/h4-10,12H,3,11H2,1-2H3,(H,26,29)/t12-/m0/s1. The number of hydrogen-bond acceptors (Lipinski definition) is 5. The Bertz CT molecular complexity index is 1090. The van der Waals surface area contributed by atoms with Gasteiger partial charge in [-0.05, 0) is 38.1 Å². The SMILES string of the molecule is CCN(C(=O)c1cccc(F)c1-n1nccn1)[C@@H](C)CNc1ccc(F)c(C(F)(F)F)n1. The Hall–Kier alpha value is -3.57. The summed E-state index contributed by atoms with van der Waals surface area (Å²) in [7, 11) is 0. The van der Waals surface area contributed by atoms with Crippen molar-refractivity contribution < 1.29 is 26.7 Å². The molecule has 1 N–H and O–H groups in total. The van der Waals surface area contributed by atoms with Crippen molar-refractivity contribution in [3.63, 3.8) is 0 Å². The van der Waals surface area contributed by atoms with Crippen molar-refractivity contribution in [2.24, 2.45) is 0 Å². The van der Waals surface area contributed by atoms with Gasteiger partial charge in [0.05, 0.1) is 18.0 Å². The average molecular weight is 454 g/mol. The van der Waals surface area contributed by atoms with Gasteiger partial charge in [-0.2, -0.15) is 23.4 Å². The quantitative estimate of drug-likeness (QED) is 0.548. The number of carbonyl (C=O) groups is 1. The predicted molar refractivity (Wildman–Crippen MR) is 105 cm³/mol. The Morgan fingerprint density at radius 3 is 2.44 bits per heavy atom. The summed E-state index contributed by atoms with van der Waals surface area (Å²) in [6.45, 7) is 3.61. The van der Waals surface area contributed by atoms with E-state index in [2.05, 4.69) is 20.5 Å². The summed E-state index contributed by atoms with van der Waals surface area (Å²) in [5.41, 5.74) is -1.72. The third-order valence-electron chi connectivity index (χ3n) is 4.66. The van der Waals surface area contributed by atoms with Crippen molar-refractivity contribution in [1.29, 1.82) is 0 Å². The van der Waals surface area contributed by atoms with Crippen LogP contribution in [-0.2, 0) is 6.18 Å². The molecule has 1 amide bonds. The number of nitrogens with zero attached hydrogens (tertiary/aromatic N) is 5. The summed E-state index contributed by atoms with van der Waals surface area (Å²) >= 11 is 0. The molecule has 0 aliphatic rings. The van der Waals surface area contributed by atoms with Crippen molar-refractivity contribution in [1.82, 2.24) is 24.9 Å². The molecule has 0 saturated heterocycles. The number of rotatable bonds is 7. The van der Waals surface area contributed by atoms with Crippen molar-refractivity contribution in [2.75, 3.05) is 18.4 Å². The highest BCUT2D eigenvalue weighted by atomic mass is 19.4. The number of pyridine rings is 1. The number of para-hydroxylation sites is 1. The molecule has 0 bridgehead atoms. The second-order valence-electron chi connectivity index (χ2n) is 6.80. The number of carbonyl (C=O) groups excluding carboxylic acids is 1. The van der Waals surface area contributed by atoms with Gasteiger partial charge in [-0.1, -0.05) is 6.07 Å². The van der Waals surface area contributed by atoms with Gasteiger partial charge >= 0.3 is 6.18 Å². The smallest absolute Gasteiger partial charge is 0.368 e. The molecule has 2 heterocycles. The zero-order valence-electron chi connectivity index (χ0n) is 17.1. The molecule has 3 aromatic rings. The van der Waals surface area contributed by atoms with Crippen LogP contribution < -0.4 is 5.32 Å². The van der Waals surface area contributed by atoms with Crippen molar-refractivity contribution in [3.8, 4) is 5.69 Å². The molecule has 2 aromatic heterocycles. The van der Waals surface area contributed by atoms with Crippen LogP contribution in [0.5, 0.6) is 0 Å². The first-order valence-electron chi connectivity index (χ1n) is 9.57. The zero-order chi connectivity index (χ0) is 23.5. The van der Waals surface area contributed by atoms with Gasteiger partial charge in [0, 0.05) is 19.1 Å². The maximum absolute atomic E-state index is 14.5. The van der Waals surface area contributed by atoms with Crippen LogP contribution in [0.1, 0.15) is 29.9 Å². The topological polar surface area (TPSA) is 75.9 Å². The summed E-state index contributed by atoms with van der Waals surface area (Å²) < 4.78 is 66.5. The van der Waals surface area contributed by atoms with E-state index in [0.717, 1.165) is 10.9 Å². The summed E-state index contributed by atoms with van der Waals surface area (Å²) in [6, 6.07) is 5.20. The largest absolute Gasteiger partial charge is 0.436 e. The van der Waals surface area contributed by atoms with E-state index in [1.54, 1.807) is 13.8 Å². The molecule has 12 heteroatoms. The Labute approximate surface area is 179 Å². The van der Waals surface area contributed by atoms with Crippen LogP contribution in [0.3, 0.4) is 0 Å². The molecule has 0 radical (unpaired) electrons. The number of likely N-dealkylation sites (N-methyl/N-ethyl adjacent to an activating group) is 1. The maximum Gasteiger partial charge on any atom is 0.436 e. The van der Waals surface area contributed by atoms with Crippen molar-refractivity contribution >= 4 is 11.7 Å². The Kier molecular flexibility index (Phi) is 6.70. The van der Waals surface area contributed by atoms with Gasteiger partial charge in [-0.25, -0.2) is 13.8 Å². The fraction of sp³-hybridized carbons (Fsp3) is 0.300. The summed E-state index contributed by atoms with van der Waals surface area (Å²) in [5.74, 6) is -2.88. The van der Waals surface area contributed by atoms with Crippen LogP contribution in [-0.4, -0.2) is 49.9 Å². The van der Waals surface area contributed by atoms with Crippen LogP contribution in [0.4, 0.5) is 27.8 Å². The first kappa shape index (κ1) is 23.1. The number of anilines is 1. The molecule has 0 aliphatic heterocycles. The number of aromatic nitrogens is 4. The van der Waals surface area contributed by atoms with E-state index in [9.17, 15) is 26.7 Å². The molecule has 0 aliphatic carbocycles. The van der Waals surface area contributed by atoms with Crippen molar-refractivity contribution in [2.45, 2.75) is 26.1 Å². The number of halogens is 5. The van der Waals surface area contributed by atoms with Crippen LogP contribution >= 0.6 is 0 Å². The van der Waals surface area contributed by atoms with Crippen LogP contribution in [0.25, 0.3) is 5.69 Å². The van der Waals surface area contributed by atoms with E-state index in [1.165, 1.54) is 35.5 Å². The normalized spacial score (nSPS) is 12.5. The molecule has 32 heavy (non-hydrogen) atoms. The molecule has 170 valence electrons. The number of hydrogen-bond donors (Lipinski definition) is 1. The zero-order valence-corrected chi connectivity index (χ0v) is 17.1. The van der Waals surface area contributed by atoms with Gasteiger partial charge in [0.25, 0.3) is 5.91 Å². The lowest BCUT2D eigenvalue weighted by atomic mass is 10.1. The lowest BCUT2D eigenvalue weighted by Crippen LogP contribution is -2.42. The van der Waals surface area contributed by atoms with Gasteiger partial charge in [-0.15, -0.1) is 4.80 Å². The number of nitrogens with one attached hydrogen (secondary N) is 1. The van der Waals surface area contributed by atoms with Crippen LogP contribution in [0, 0.1) is 11.6 Å². The van der Waals surface area contributed by atoms with Gasteiger partial charge in [-0.3, -0.25) is 4.79 Å². The molecule has 0 saturated carbocycles. The van der Waals surface area contributed by atoms with E-state index in [0.29, 0.717) is 6.07 Å². The van der Waals surface area contributed by atoms with Gasteiger partial charge in [0.15, 0.2) is 17.3 Å². The Morgan fingerprint density at radius 1 is 1.12 bits per heavy atom. The molecule has 0 fully saturated rings. The summed E-state index contributed by atoms with van der Waals surface area (Å²) in [4.78, 5) is 18.9. The highest BCUT2D eigenvalue weighted by Crippen LogP contribution is 2.30. The molecular formula is C20H19F5N6O. The highest BCUT2D eigenvalue weighted by molar-refractivity contribution is 5.98. The Morgan fingerprint density at radius 2 is 1.81 bits per heavy atom. The molecule has 7 nitrogen and oxygen atoms in total. The van der Waals surface area contributed by atoms with Gasteiger partial charge in [0.1, 0.15) is 11.5 Å². The number of amides is 1. The lowest BCUT2D eigenvalue weighted by Gasteiger charge is -2.29. The number of benzene rings is 1.